The molecule has 0 aromatic rings. The molecule has 4 atom stereocenters. The van der Waals surface area contributed by atoms with E-state index in [2.05, 4.69) is 20.8 Å². The van der Waals surface area contributed by atoms with E-state index in [1.165, 1.54) is 0 Å². The predicted molar refractivity (Wildman–Crippen MR) is 89.4 cm³/mol. The Labute approximate surface area is 144 Å². The van der Waals surface area contributed by atoms with Crippen LogP contribution in [0.3, 0.4) is 0 Å². The van der Waals surface area contributed by atoms with Crippen molar-refractivity contribution >= 4 is 11.8 Å². The Morgan fingerprint density at radius 3 is 2.50 bits per heavy atom. The molecule has 0 amide bonds. The summed E-state index contributed by atoms with van der Waals surface area (Å²) in [5.74, 6) is 0.0792. The van der Waals surface area contributed by atoms with E-state index in [0.717, 1.165) is 37.7 Å². The van der Waals surface area contributed by atoms with E-state index in [1.807, 2.05) is 13.0 Å². The van der Waals surface area contributed by atoms with E-state index in [0.29, 0.717) is 13.0 Å². The molecule has 4 nitrogen and oxygen atoms in total. The van der Waals surface area contributed by atoms with Crippen molar-refractivity contribution in [3.8, 4) is 0 Å². The van der Waals surface area contributed by atoms with E-state index < -0.39 is 11.2 Å². The van der Waals surface area contributed by atoms with Crippen molar-refractivity contribution < 1.29 is 19.1 Å². The second-order valence-corrected chi connectivity index (χ2v) is 9.37. The molecule has 4 rings (SSSR count). The Morgan fingerprint density at radius 1 is 1.08 bits per heavy atom. The highest BCUT2D eigenvalue weighted by molar-refractivity contribution is 5.95. The molecular formula is C20H28O4. The maximum absolute atomic E-state index is 13.0. The van der Waals surface area contributed by atoms with Crippen LogP contribution in [0.25, 0.3) is 0 Å². The number of ether oxygens (including phenoxy) is 2. The topological polar surface area (TPSA) is 52.6 Å². The van der Waals surface area contributed by atoms with E-state index in [9.17, 15) is 9.59 Å². The maximum atomic E-state index is 13.0. The molecule has 1 saturated carbocycles. The summed E-state index contributed by atoms with van der Waals surface area (Å²) in [6, 6.07) is 0. The third-order valence-electron chi connectivity index (χ3n) is 7.42. The van der Waals surface area contributed by atoms with Crippen LogP contribution < -0.4 is 0 Å². The smallest absolute Gasteiger partial charge is 0.308 e. The molecule has 0 radical (unpaired) electrons. The van der Waals surface area contributed by atoms with Crippen LogP contribution in [0.2, 0.25) is 0 Å². The van der Waals surface area contributed by atoms with Gasteiger partial charge in [-0.15, -0.1) is 0 Å². The third kappa shape index (κ3) is 1.89. The number of cyclic esters (lactones) is 1. The number of carbonyl (C=O) groups excluding carboxylic acids is 2. The van der Waals surface area contributed by atoms with Gasteiger partial charge in [0, 0.05) is 11.3 Å². The summed E-state index contributed by atoms with van der Waals surface area (Å²) in [4.78, 5) is 24.7. The van der Waals surface area contributed by atoms with Crippen molar-refractivity contribution in [2.45, 2.75) is 77.4 Å². The number of carbonyl (C=O) groups is 2. The van der Waals surface area contributed by atoms with Crippen LogP contribution in [-0.4, -0.2) is 29.6 Å². The lowest BCUT2D eigenvalue weighted by Gasteiger charge is -2.60. The monoisotopic (exact) mass is 332 g/mol. The van der Waals surface area contributed by atoms with Crippen molar-refractivity contribution in [2.24, 2.45) is 16.7 Å². The Balaban J connectivity index is 1.81. The van der Waals surface area contributed by atoms with Crippen LogP contribution in [0.1, 0.15) is 66.2 Å². The van der Waals surface area contributed by atoms with Gasteiger partial charge in [-0.3, -0.25) is 9.59 Å². The number of fused-ring (bicyclic) bond motifs is 2. The molecule has 132 valence electrons. The fourth-order valence-corrected chi connectivity index (χ4v) is 6.42. The molecule has 0 aromatic heterocycles. The highest BCUT2D eigenvalue weighted by Gasteiger charge is 2.68. The standard InChI is InChI=1S/C20H28O4/c1-13-10-14(21)16-17(2,3)6-5-7-18(16,4)20(13)9-8-19(24-20)11-15(22)23-12-19/h10,16H,5-9,11-12H2,1-4H3/t16-,18+,19+,20+/m1/s1. The summed E-state index contributed by atoms with van der Waals surface area (Å²) < 4.78 is 12.0. The normalized spacial score (nSPS) is 47.0. The molecule has 0 aromatic carbocycles. The van der Waals surface area contributed by atoms with Crippen LogP contribution >= 0.6 is 0 Å². The average molecular weight is 332 g/mol. The lowest BCUT2D eigenvalue weighted by molar-refractivity contribution is -0.193. The van der Waals surface area contributed by atoms with Gasteiger partial charge in [0.1, 0.15) is 12.2 Å². The molecule has 2 saturated heterocycles. The first-order valence-electron chi connectivity index (χ1n) is 9.23. The van der Waals surface area contributed by atoms with Gasteiger partial charge in [-0.25, -0.2) is 0 Å². The van der Waals surface area contributed by atoms with Gasteiger partial charge >= 0.3 is 5.97 Å². The Bertz CT molecular complexity index is 648. The van der Waals surface area contributed by atoms with Gasteiger partial charge in [-0.05, 0) is 49.7 Å². The molecule has 0 unspecified atom stereocenters. The van der Waals surface area contributed by atoms with E-state index in [-0.39, 0.29) is 28.5 Å². The number of allylic oxidation sites excluding steroid dienone is 1. The Morgan fingerprint density at radius 2 is 1.83 bits per heavy atom. The SMILES string of the molecule is CC1=CC(=O)[C@@H]2C(C)(C)CCC[C@]2(C)[C@]12CC[C@]1(COC(=O)C1)O2. The van der Waals surface area contributed by atoms with Crippen LogP contribution in [0.15, 0.2) is 11.6 Å². The quantitative estimate of drug-likeness (QED) is 0.636. The van der Waals surface area contributed by atoms with Crippen molar-refractivity contribution in [1.29, 1.82) is 0 Å². The van der Waals surface area contributed by atoms with Gasteiger partial charge in [0.25, 0.3) is 0 Å². The zero-order chi connectivity index (χ0) is 17.4. The summed E-state index contributed by atoms with van der Waals surface area (Å²) in [6.07, 6.45) is 7.09. The van der Waals surface area contributed by atoms with Crippen molar-refractivity contribution in [1.82, 2.24) is 0 Å². The first-order chi connectivity index (χ1) is 11.1. The van der Waals surface area contributed by atoms with Crippen molar-refractivity contribution in [3.63, 3.8) is 0 Å². The summed E-state index contributed by atoms with van der Waals surface area (Å²) >= 11 is 0. The van der Waals surface area contributed by atoms with Crippen LogP contribution in [0.5, 0.6) is 0 Å². The van der Waals surface area contributed by atoms with Crippen molar-refractivity contribution in [3.05, 3.63) is 11.6 Å². The zero-order valence-corrected chi connectivity index (χ0v) is 15.2. The van der Waals surface area contributed by atoms with Crippen LogP contribution in [0.4, 0.5) is 0 Å². The molecule has 3 fully saturated rings. The number of rotatable bonds is 0. The van der Waals surface area contributed by atoms with E-state index >= 15 is 0 Å². The Kier molecular flexibility index (Phi) is 3.21. The van der Waals surface area contributed by atoms with Gasteiger partial charge in [-0.2, -0.15) is 0 Å². The highest BCUT2D eigenvalue weighted by atomic mass is 16.6. The van der Waals surface area contributed by atoms with Gasteiger partial charge in [-0.1, -0.05) is 27.2 Å². The number of hydrogen-bond acceptors (Lipinski definition) is 4. The third-order valence-corrected chi connectivity index (χ3v) is 7.42. The lowest BCUT2D eigenvalue weighted by Crippen LogP contribution is -2.62. The fraction of sp³-hybridized carbons (Fsp3) is 0.800. The summed E-state index contributed by atoms with van der Waals surface area (Å²) in [7, 11) is 0. The molecule has 2 heterocycles. The number of ketones is 1. The minimum Gasteiger partial charge on any atom is -0.463 e. The lowest BCUT2D eigenvalue weighted by atomic mass is 9.46. The summed E-state index contributed by atoms with van der Waals surface area (Å²) in [6.45, 7) is 9.10. The van der Waals surface area contributed by atoms with Crippen LogP contribution in [-0.2, 0) is 19.1 Å². The summed E-state index contributed by atoms with van der Waals surface area (Å²) in [5.41, 5.74) is -0.103. The van der Waals surface area contributed by atoms with Crippen LogP contribution in [0, 0.1) is 16.7 Å². The van der Waals surface area contributed by atoms with Crippen molar-refractivity contribution in [2.75, 3.05) is 6.61 Å². The number of hydrogen-bond donors (Lipinski definition) is 0. The maximum Gasteiger partial charge on any atom is 0.308 e. The largest absolute Gasteiger partial charge is 0.463 e. The minimum absolute atomic E-state index is 0.0179. The molecule has 0 N–H and O–H groups in total. The summed E-state index contributed by atoms with van der Waals surface area (Å²) in [5, 5.41) is 0. The molecular weight excluding hydrogens is 304 g/mol. The van der Waals surface area contributed by atoms with Gasteiger partial charge < -0.3 is 9.47 Å². The fourth-order valence-electron chi connectivity index (χ4n) is 6.42. The first kappa shape index (κ1) is 16.3. The molecule has 4 heteroatoms. The predicted octanol–water partition coefficient (Wildman–Crippen LogP) is 3.58. The molecule has 2 aliphatic heterocycles. The molecule has 2 aliphatic carbocycles. The van der Waals surface area contributed by atoms with Gasteiger partial charge in [0.2, 0.25) is 0 Å². The highest BCUT2D eigenvalue weighted by Crippen LogP contribution is 2.65. The van der Waals surface area contributed by atoms with Gasteiger partial charge in [0.15, 0.2) is 5.78 Å². The first-order valence-corrected chi connectivity index (χ1v) is 9.23. The number of esters is 1. The second-order valence-electron chi connectivity index (χ2n) is 9.37. The average Bonchev–Trinajstić information content (AvgIpc) is 3.01. The molecule has 0 bridgehead atoms. The minimum atomic E-state index is -0.484. The second kappa shape index (κ2) is 4.72. The van der Waals surface area contributed by atoms with Gasteiger partial charge in [0.05, 0.1) is 12.0 Å². The molecule has 4 aliphatic rings. The van der Waals surface area contributed by atoms with E-state index in [1.54, 1.807) is 0 Å². The van der Waals surface area contributed by atoms with E-state index in [4.69, 9.17) is 9.47 Å². The molecule has 24 heavy (non-hydrogen) atoms. The molecule has 2 spiro atoms. The Hall–Kier alpha value is -1.16. The zero-order valence-electron chi connectivity index (χ0n) is 15.2.